The second-order valence-corrected chi connectivity index (χ2v) is 5.50. The molecule has 1 unspecified atom stereocenters. The number of unbranched alkanes of at least 4 members (excludes halogenated alkanes) is 1. The van der Waals surface area contributed by atoms with Crippen molar-refractivity contribution in [1.82, 2.24) is 10.6 Å². The van der Waals surface area contributed by atoms with Crippen LogP contribution in [0.5, 0.6) is 0 Å². The molecular weight excluding hydrogens is 314 g/mol. The number of hydrogen-bond donors (Lipinski definition) is 5. The molecule has 0 aromatic rings. The molecule has 0 aliphatic carbocycles. The summed E-state index contributed by atoms with van der Waals surface area (Å²) in [5, 5.41) is 4.97. The SMILES string of the molecule is NCCCC[C@H](N)C(=O)N[C@@H](CC1C=NC=N1)C(=O)NCC(N)=O. The first kappa shape index (κ1) is 19.7. The number of carbonyl (C=O) groups is 3. The van der Waals surface area contributed by atoms with Crippen LogP contribution in [-0.4, -0.2) is 61.5 Å². The van der Waals surface area contributed by atoms with Crippen molar-refractivity contribution >= 4 is 30.3 Å². The molecule has 24 heavy (non-hydrogen) atoms. The summed E-state index contributed by atoms with van der Waals surface area (Å²) in [6.45, 7) is 0.223. The van der Waals surface area contributed by atoms with Gasteiger partial charge in [0.2, 0.25) is 17.7 Å². The van der Waals surface area contributed by atoms with Crippen molar-refractivity contribution in [1.29, 1.82) is 0 Å². The average Bonchev–Trinajstić information content (AvgIpc) is 3.05. The molecule has 8 N–H and O–H groups in total. The van der Waals surface area contributed by atoms with Crippen LogP contribution in [0.15, 0.2) is 9.98 Å². The Bertz CT molecular complexity index is 495. The fourth-order valence-electron chi connectivity index (χ4n) is 2.11. The number of rotatable bonds is 11. The summed E-state index contributed by atoms with van der Waals surface area (Å²) >= 11 is 0. The highest BCUT2D eigenvalue weighted by molar-refractivity contribution is 5.92. The Morgan fingerprint density at radius 3 is 2.54 bits per heavy atom. The number of hydrogen-bond acceptors (Lipinski definition) is 7. The maximum Gasteiger partial charge on any atom is 0.243 e. The predicted molar refractivity (Wildman–Crippen MR) is 90.4 cm³/mol. The van der Waals surface area contributed by atoms with Crippen molar-refractivity contribution in [3.8, 4) is 0 Å². The van der Waals surface area contributed by atoms with E-state index in [0.29, 0.717) is 13.0 Å². The highest BCUT2D eigenvalue weighted by Crippen LogP contribution is 2.06. The molecule has 1 heterocycles. The minimum absolute atomic E-state index is 0.214. The van der Waals surface area contributed by atoms with E-state index in [4.69, 9.17) is 17.2 Å². The first-order valence-corrected chi connectivity index (χ1v) is 7.81. The first-order valence-electron chi connectivity index (χ1n) is 7.81. The zero-order valence-corrected chi connectivity index (χ0v) is 13.5. The fourth-order valence-corrected chi connectivity index (χ4v) is 2.11. The Kier molecular flexibility index (Phi) is 8.58. The molecule has 3 atom stereocenters. The third kappa shape index (κ3) is 7.29. The summed E-state index contributed by atoms with van der Waals surface area (Å²) in [4.78, 5) is 43.0. The maximum atomic E-state index is 12.2. The highest BCUT2D eigenvalue weighted by Gasteiger charge is 2.26. The van der Waals surface area contributed by atoms with Gasteiger partial charge in [-0.1, -0.05) is 6.42 Å². The molecule has 0 fully saturated rings. The zero-order chi connectivity index (χ0) is 17.9. The lowest BCUT2D eigenvalue weighted by Gasteiger charge is -2.21. The van der Waals surface area contributed by atoms with Crippen molar-refractivity contribution in [2.75, 3.05) is 13.1 Å². The smallest absolute Gasteiger partial charge is 0.243 e. The van der Waals surface area contributed by atoms with Gasteiger partial charge in [-0.15, -0.1) is 0 Å². The molecule has 0 aromatic carbocycles. The minimum Gasteiger partial charge on any atom is -0.368 e. The summed E-state index contributed by atoms with van der Waals surface area (Å²) < 4.78 is 0. The van der Waals surface area contributed by atoms with Gasteiger partial charge in [-0.2, -0.15) is 0 Å². The minimum atomic E-state index is -0.885. The quantitative estimate of drug-likeness (QED) is 0.259. The molecule has 134 valence electrons. The van der Waals surface area contributed by atoms with Gasteiger partial charge in [0.15, 0.2) is 0 Å². The molecule has 0 saturated heterocycles. The number of carbonyl (C=O) groups excluding carboxylic acids is 3. The molecule has 0 radical (unpaired) electrons. The molecule has 1 aliphatic heterocycles. The second kappa shape index (κ2) is 10.4. The Morgan fingerprint density at radius 1 is 1.21 bits per heavy atom. The lowest BCUT2D eigenvalue weighted by atomic mass is 10.1. The molecule has 0 bridgehead atoms. The zero-order valence-electron chi connectivity index (χ0n) is 13.5. The molecule has 10 heteroatoms. The monoisotopic (exact) mass is 339 g/mol. The number of nitrogens with two attached hydrogens (primary N) is 3. The summed E-state index contributed by atoms with van der Waals surface area (Å²) in [5.74, 6) is -1.63. The van der Waals surface area contributed by atoms with Crippen molar-refractivity contribution in [3.63, 3.8) is 0 Å². The van der Waals surface area contributed by atoms with E-state index < -0.39 is 29.8 Å². The highest BCUT2D eigenvalue weighted by atomic mass is 16.2. The Balaban J connectivity index is 2.60. The van der Waals surface area contributed by atoms with Crippen molar-refractivity contribution in [3.05, 3.63) is 0 Å². The molecule has 1 rings (SSSR count). The summed E-state index contributed by atoms with van der Waals surface area (Å²) in [5.41, 5.74) is 16.2. The van der Waals surface area contributed by atoms with E-state index in [2.05, 4.69) is 20.6 Å². The van der Waals surface area contributed by atoms with E-state index in [9.17, 15) is 14.4 Å². The van der Waals surface area contributed by atoms with Gasteiger partial charge in [-0.3, -0.25) is 19.4 Å². The van der Waals surface area contributed by atoms with E-state index in [0.717, 1.165) is 12.8 Å². The van der Waals surface area contributed by atoms with Gasteiger partial charge in [0.05, 0.1) is 18.6 Å². The molecule has 1 aliphatic rings. The van der Waals surface area contributed by atoms with Gasteiger partial charge in [0, 0.05) is 12.6 Å². The Labute approximate surface area is 140 Å². The summed E-state index contributed by atoms with van der Waals surface area (Å²) in [6, 6.07) is -1.93. The molecule has 0 saturated carbocycles. The van der Waals surface area contributed by atoms with Crippen LogP contribution in [0.25, 0.3) is 0 Å². The van der Waals surface area contributed by atoms with Crippen molar-refractivity contribution < 1.29 is 14.4 Å². The normalized spacial score (nSPS) is 18.2. The second-order valence-electron chi connectivity index (χ2n) is 5.50. The van der Waals surface area contributed by atoms with Crippen LogP contribution >= 0.6 is 0 Å². The summed E-state index contributed by atoms with van der Waals surface area (Å²) in [6.07, 6.45) is 5.14. The Morgan fingerprint density at radius 2 is 1.96 bits per heavy atom. The largest absolute Gasteiger partial charge is 0.368 e. The Hall–Kier alpha value is -2.33. The van der Waals surface area contributed by atoms with Crippen LogP contribution in [0.1, 0.15) is 25.7 Å². The lowest BCUT2D eigenvalue weighted by molar-refractivity contribution is -0.130. The van der Waals surface area contributed by atoms with Crippen LogP contribution in [-0.2, 0) is 14.4 Å². The van der Waals surface area contributed by atoms with Crippen LogP contribution in [0.3, 0.4) is 0 Å². The third-order valence-corrected chi connectivity index (χ3v) is 3.44. The topological polar surface area (TPSA) is 178 Å². The van der Waals surface area contributed by atoms with Crippen LogP contribution in [0.4, 0.5) is 0 Å². The van der Waals surface area contributed by atoms with Gasteiger partial charge in [0.1, 0.15) is 12.4 Å². The molecule has 3 amide bonds. The van der Waals surface area contributed by atoms with E-state index >= 15 is 0 Å². The summed E-state index contributed by atoms with van der Waals surface area (Å²) in [7, 11) is 0. The molecule has 0 spiro atoms. The van der Waals surface area contributed by atoms with Crippen LogP contribution < -0.4 is 27.8 Å². The number of nitrogens with zero attached hydrogens (tertiary/aromatic N) is 2. The number of primary amides is 1. The van der Waals surface area contributed by atoms with E-state index in [1.165, 1.54) is 6.34 Å². The van der Waals surface area contributed by atoms with Gasteiger partial charge in [0.25, 0.3) is 0 Å². The van der Waals surface area contributed by atoms with Gasteiger partial charge >= 0.3 is 0 Å². The number of nitrogens with one attached hydrogen (secondary N) is 2. The maximum absolute atomic E-state index is 12.2. The van der Waals surface area contributed by atoms with Crippen LogP contribution in [0.2, 0.25) is 0 Å². The number of amides is 3. The lowest BCUT2D eigenvalue weighted by Crippen LogP contribution is -2.53. The van der Waals surface area contributed by atoms with Gasteiger partial charge in [-0.05, 0) is 19.4 Å². The number of aliphatic imine (C=N–C) groups is 2. The van der Waals surface area contributed by atoms with Gasteiger partial charge in [-0.25, -0.2) is 4.99 Å². The molecular formula is C14H25N7O3. The standard InChI is InChI=1S/C14H25N7O3/c15-4-2-1-3-10(16)13(23)21-11(5-9-6-18-8-20-9)14(24)19-7-12(17)22/h6,8-11H,1-5,7,15-16H2,(H2,17,22)(H,19,24)(H,21,23)/t9?,10-,11-/m0/s1. The molecule has 10 nitrogen and oxygen atoms in total. The first-order chi connectivity index (χ1) is 11.4. The van der Waals surface area contributed by atoms with E-state index in [1.54, 1.807) is 6.21 Å². The van der Waals surface area contributed by atoms with Gasteiger partial charge < -0.3 is 27.8 Å². The fraction of sp³-hybridized carbons (Fsp3) is 0.643. The third-order valence-electron chi connectivity index (χ3n) is 3.44. The predicted octanol–water partition coefficient (Wildman–Crippen LogP) is -2.60. The van der Waals surface area contributed by atoms with E-state index in [-0.39, 0.29) is 19.0 Å². The van der Waals surface area contributed by atoms with Crippen molar-refractivity contribution in [2.45, 2.75) is 43.8 Å². The molecule has 0 aromatic heterocycles. The average molecular weight is 339 g/mol. The van der Waals surface area contributed by atoms with Crippen molar-refractivity contribution in [2.24, 2.45) is 27.2 Å². The van der Waals surface area contributed by atoms with Crippen LogP contribution in [0, 0.1) is 0 Å². The van der Waals surface area contributed by atoms with E-state index in [1.807, 2.05) is 0 Å².